The number of nitrogens with zero attached hydrogens (tertiary/aromatic N) is 1. The number of rotatable bonds is 5. The van der Waals surface area contributed by atoms with Crippen LogP contribution in [0.1, 0.15) is 31.0 Å². The first-order valence-electron chi connectivity index (χ1n) is 6.70. The Balaban J connectivity index is 2.06. The third-order valence-corrected chi connectivity index (χ3v) is 3.35. The zero-order valence-electron chi connectivity index (χ0n) is 11.7. The second-order valence-corrected chi connectivity index (χ2v) is 4.77. The first kappa shape index (κ1) is 14.1. The van der Waals surface area contributed by atoms with Crippen LogP contribution in [0.2, 0.25) is 0 Å². The van der Waals surface area contributed by atoms with E-state index in [0.717, 1.165) is 12.1 Å². The predicted octanol–water partition coefficient (Wildman–Crippen LogP) is 4.33. The minimum absolute atomic E-state index is 0.107. The number of aryl methyl sites for hydroxylation is 1. The highest BCUT2D eigenvalue weighted by Gasteiger charge is 2.07. The minimum atomic E-state index is -0.392. The average Bonchev–Trinajstić information content (AvgIpc) is 2.48. The third-order valence-electron chi connectivity index (χ3n) is 3.35. The van der Waals surface area contributed by atoms with Gasteiger partial charge in [-0.2, -0.15) is 0 Å². The van der Waals surface area contributed by atoms with Gasteiger partial charge in [0.2, 0.25) is 0 Å². The van der Waals surface area contributed by atoms with Gasteiger partial charge in [-0.15, -0.1) is 0 Å². The number of benzene rings is 2. The molecule has 0 aliphatic carbocycles. The lowest BCUT2D eigenvalue weighted by molar-refractivity contribution is -0.384. The molecule has 1 unspecified atom stereocenters. The summed E-state index contributed by atoms with van der Waals surface area (Å²) in [6, 6.07) is 15.1. The van der Waals surface area contributed by atoms with Gasteiger partial charge >= 0.3 is 0 Å². The van der Waals surface area contributed by atoms with Crippen molar-refractivity contribution in [2.45, 2.75) is 26.3 Å². The van der Waals surface area contributed by atoms with Crippen LogP contribution in [-0.2, 0) is 6.42 Å². The van der Waals surface area contributed by atoms with Gasteiger partial charge in [-0.3, -0.25) is 10.1 Å². The molecule has 104 valence electrons. The van der Waals surface area contributed by atoms with Gasteiger partial charge in [-0.05, 0) is 36.6 Å². The molecule has 0 amide bonds. The van der Waals surface area contributed by atoms with E-state index in [0.29, 0.717) is 0 Å². The molecule has 0 heterocycles. The summed E-state index contributed by atoms with van der Waals surface area (Å²) >= 11 is 0. The van der Waals surface area contributed by atoms with Gasteiger partial charge in [0, 0.05) is 23.9 Å². The van der Waals surface area contributed by atoms with E-state index in [1.54, 1.807) is 12.1 Å². The van der Waals surface area contributed by atoms with Crippen LogP contribution in [0.25, 0.3) is 0 Å². The van der Waals surface area contributed by atoms with E-state index in [9.17, 15) is 10.1 Å². The predicted molar refractivity (Wildman–Crippen MR) is 81.0 cm³/mol. The lowest BCUT2D eigenvalue weighted by Crippen LogP contribution is -2.06. The van der Waals surface area contributed by atoms with Crippen LogP contribution in [0.3, 0.4) is 0 Å². The maximum atomic E-state index is 10.6. The van der Waals surface area contributed by atoms with Gasteiger partial charge in [-0.1, -0.05) is 31.2 Å². The van der Waals surface area contributed by atoms with Gasteiger partial charge in [0.05, 0.1) is 4.92 Å². The molecule has 4 nitrogen and oxygen atoms in total. The van der Waals surface area contributed by atoms with Gasteiger partial charge in [0.15, 0.2) is 0 Å². The van der Waals surface area contributed by atoms with Crippen LogP contribution < -0.4 is 5.32 Å². The Hall–Kier alpha value is -2.36. The molecule has 0 spiro atoms. The summed E-state index contributed by atoms with van der Waals surface area (Å²) in [5, 5.41) is 13.9. The summed E-state index contributed by atoms with van der Waals surface area (Å²) in [5.74, 6) is 0. The fourth-order valence-corrected chi connectivity index (χ4v) is 2.05. The van der Waals surface area contributed by atoms with E-state index in [4.69, 9.17) is 0 Å². The van der Waals surface area contributed by atoms with Crippen LogP contribution >= 0.6 is 0 Å². The molecule has 0 saturated heterocycles. The first-order chi connectivity index (χ1) is 9.60. The zero-order chi connectivity index (χ0) is 14.5. The lowest BCUT2D eigenvalue weighted by atomic mass is 10.0. The Morgan fingerprint density at radius 2 is 1.70 bits per heavy atom. The molecule has 0 aliphatic heterocycles. The second-order valence-electron chi connectivity index (χ2n) is 4.77. The molecule has 2 rings (SSSR count). The van der Waals surface area contributed by atoms with Crippen LogP contribution in [0.5, 0.6) is 0 Å². The Morgan fingerprint density at radius 3 is 2.20 bits per heavy atom. The normalized spacial score (nSPS) is 11.9. The zero-order valence-corrected chi connectivity index (χ0v) is 11.7. The molecule has 0 aliphatic rings. The fraction of sp³-hybridized carbons (Fsp3) is 0.250. The maximum absolute atomic E-state index is 10.6. The summed E-state index contributed by atoms with van der Waals surface area (Å²) in [6.45, 7) is 4.20. The molecule has 20 heavy (non-hydrogen) atoms. The molecule has 0 radical (unpaired) electrons. The van der Waals surface area contributed by atoms with Gasteiger partial charge in [-0.25, -0.2) is 0 Å². The topological polar surface area (TPSA) is 55.2 Å². The second kappa shape index (κ2) is 6.19. The van der Waals surface area contributed by atoms with E-state index < -0.39 is 4.92 Å². The maximum Gasteiger partial charge on any atom is 0.269 e. The van der Waals surface area contributed by atoms with Crippen molar-refractivity contribution in [1.29, 1.82) is 0 Å². The highest BCUT2D eigenvalue weighted by Crippen LogP contribution is 2.21. The van der Waals surface area contributed by atoms with Crippen molar-refractivity contribution in [3.8, 4) is 0 Å². The molecular formula is C16H18N2O2. The summed E-state index contributed by atoms with van der Waals surface area (Å²) < 4.78 is 0. The molecule has 1 atom stereocenters. The van der Waals surface area contributed by atoms with Gasteiger partial charge in [0.25, 0.3) is 5.69 Å². The molecule has 0 saturated carbocycles. The van der Waals surface area contributed by atoms with Crippen molar-refractivity contribution < 1.29 is 4.92 Å². The largest absolute Gasteiger partial charge is 0.379 e. The fourth-order valence-electron chi connectivity index (χ4n) is 2.05. The van der Waals surface area contributed by atoms with E-state index >= 15 is 0 Å². The molecule has 0 aromatic heterocycles. The Labute approximate surface area is 118 Å². The van der Waals surface area contributed by atoms with E-state index in [2.05, 4.69) is 43.4 Å². The molecule has 2 aromatic rings. The van der Waals surface area contributed by atoms with Crippen LogP contribution in [0.4, 0.5) is 11.4 Å². The van der Waals surface area contributed by atoms with E-state index in [1.807, 2.05) is 0 Å². The molecule has 0 fully saturated rings. The quantitative estimate of drug-likeness (QED) is 0.650. The number of nitrogens with one attached hydrogen (secondary N) is 1. The number of non-ortho nitro benzene ring substituents is 1. The highest BCUT2D eigenvalue weighted by molar-refractivity contribution is 5.50. The SMILES string of the molecule is CCc1ccc(C(C)Nc2ccc([N+](=O)[O-])cc2)cc1. The Morgan fingerprint density at radius 1 is 1.10 bits per heavy atom. The molecule has 0 bridgehead atoms. The summed E-state index contributed by atoms with van der Waals surface area (Å²) in [6.07, 6.45) is 1.03. The minimum Gasteiger partial charge on any atom is -0.379 e. The summed E-state index contributed by atoms with van der Waals surface area (Å²) in [7, 11) is 0. The highest BCUT2D eigenvalue weighted by atomic mass is 16.6. The van der Waals surface area contributed by atoms with Crippen LogP contribution in [-0.4, -0.2) is 4.92 Å². The van der Waals surface area contributed by atoms with Gasteiger partial charge in [0.1, 0.15) is 0 Å². The monoisotopic (exact) mass is 270 g/mol. The van der Waals surface area contributed by atoms with Crippen molar-refractivity contribution in [3.05, 3.63) is 69.8 Å². The van der Waals surface area contributed by atoms with Crippen LogP contribution in [0.15, 0.2) is 48.5 Å². The van der Waals surface area contributed by atoms with Crippen molar-refractivity contribution in [1.82, 2.24) is 0 Å². The number of nitro groups is 1. The van der Waals surface area contributed by atoms with Crippen molar-refractivity contribution in [2.24, 2.45) is 0 Å². The van der Waals surface area contributed by atoms with Crippen molar-refractivity contribution in [2.75, 3.05) is 5.32 Å². The summed E-state index contributed by atoms with van der Waals surface area (Å²) in [5.41, 5.74) is 3.50. The lowest BCUT2D eigenvalue weighted by Gasteiger charge is -2.16. The Kier molecular flexibility index (Phi) is 4.35. The van der Waals surface area contributed by atoms with E-state index in [-0.39, 0.29) is 11.7 Å². The number of hydrogen-bond acceptors (Lipinski definition) is 3. The number of anilines is 1. The molecule has 2 aromatic carbocycles. The average molecular weight is 270 g/mol. The molecule has 4 heteroatoms. The summed E-state index contributed by atoms with van der Waals surface area (Å²) in [4.78, 5) is 10.2. The molecular weight excluding hydrogens is 252 g/mol. The van der Waals surface area contributed by atoms with E-state index in [1.165, 1.54) is 23.3 Å². The third kappa shape index (κ3) is 3.35. The van der Waals surface area contributed by atoms with Gasteiger partial charge < -0.3 is 5.32 Å². The smallest absolute Gasteiger partial charge is 0.269 e. The van der Waals surface area contributed by atoms with Crippen molar-refractivity contribution in [3.63, 3.8) is 0 Å². The van der Waals surface area contributed by atoms with Crippen molar-refractivity contribution >= 4 is 11.4 Å². The number of nitro benzene ring substituents is 1. The first-order valence-corrected chi connectivity index (χ1v) is 6.70. The van der Waals surface area contributed by atoms with Crippen LogP contribution in [0, 0.1) is 10.1 Å². The standard InChI is InChI=1S/C16H18N2O2/c1-3-13-4-6-14(7-5-13)12(2)17-15-8-10-16(11-9-15)18(19)20/h4-12,17H,3H2,1-2H3. The molecule has 1 N–H and O–H groups in total. The number of hydrogen-bond donors (Lipinski definition) is 1. The Bertz CT molecular complexity index is 576.